The van der Waals surface area contributed by atoms with Crippen molar-refractivity contribution in [3.8, 4) is 0 Å². The molecule has 1 rings (SSSR count). The lowest BCUT2D eigenvalue weighted by atomic mass is 10.3. The van der Waals surface area contributed by atoms with Crippen LogP contribution in [0.3, 0.4) is 0 Å². The lowest BCUT2D eigenvalue weighted by molar-refractivity contribution is -0.137. The van der Waals surface area contributed by atoms with Crippen molar-refractivity contribution in [2.45, 2.75) is 18.2 Å². The van der Waals surface area contributed by atoms with E-state index in [9.17, 15) is 4.79 Å². The number of hydrogen-bond acceptors (Lipinski definition) is 3. The van der Waals surface area contributed by atoms with E-state index in [1.807, 2.05) is 0 Å². The van der Waals surface area contributed by atoms with Gasteiger partial charge in [-0.1, -0.05) is 0 Å². The third-order valence-electron chi connectivity index (χ3n) is 1.39. The number of carbonyl (C=O) groups is 1. The fraction of sp³-hybridized carbons (Fsp3) is 0.429. The van der Waals surface area contributed by atoms with Crippen molar-refractivity contribution >= 4 is 18.6 Å². The molecule has 0 aliphatic carbocycles. The van der Waals surface area contributed by atoms with Gasteiger partial charge in [0, 0.05) is 24.2 Å². The van der Waals surface area contributed by atoms with Crippen molar-refractivity contribution in [2.24, 2.45) is 0 Å². The highest BCUT2D eigenvalue weighted by Gasteiger charge is 2.08. The predicted octanol–water partition coefficient (Wildman–Crippen LogP) is 0.656. The van der Waals surface area contributed by atoms with Crippen molar-refractivity contribution in [1.29, 1.82) is 0 Å². The molecule has 1 aromatic rings. The van der Waals surface area contributed by atoms with E-state index in [1.54, 1.807) is 23.3 Å². The molecular weight excluding hydrogens is 176 g/mol. The van der Waals surface area contributed by atoms with Gasteiger partial charge in [0.05, 0.1) is 12.7 Å². The Morgan fingerprint density at radius 2 is 2.50 bits per heavy atom. The third kappa shape index (κ3) is 2.96. The number of hydrogen-bond donors (Lipinski definition) is 2. The zero-order chi connectivity index (χ0) is 8.97. The fourth-order valence-electron chi connectivity index (χ4n) is 0.904. The van der Waals surface area contributed by atoms with Crippen molar-refractivity contribution in [3.05, 3.63) is 18.7 Å². The molecule has 0 aliphatic rings. The highest BCUT2D eigenvalue weighted by Crippen LogP contribution is 2.04. The first-order valence-corrected chi connectivity index (χ1v) is 4.05. The van der Waals surface area contributed by atoms with Gasteiger partial charge >= 0.3 is 5.97 Å². The highest BCUT2D eigenvalue weighted by molar-refractivity contribution is 7.81. The number of nitrogens with zero attached hydrogens (tertiary/aromatic N) is 2. The lowest BCUT2D eigenvalue weighted by Crippen LogP contribution is -2.13. The Hall–Kier alpha value is -0.970. The van der Waals surface area contributed by atoms with E-state index >= 15 is 0 Å². The Labute approximate surface area is 75.6 Å². The largest absolute Gasteiger partial charge is 0.481 e. The summed E-state index contributed by atoms with van der Waals surface area (Å²) in [7, 11) is 0. The molecule has 1 aromatic heterocycles. The van der Waals surface area contributed by atoms with Gasteiger partial charge in [-0.15, -0.1) is 0 Å². The molecule has 1 unspecified atom stereocenters. The maximum atomic E-state index is 10.3. The van der Waals surface area contributed by atoms with E-state index in [-0.39, 0.29) is 11.7 Å². The van der Waals surface area contributed by atoms with Gasteiger partial charge in [-0.25, -0.2) is 4.98 Å². The van der Waals surface area contributed by atoms with E-state index < -0.39 is 5.97 Å². The Morgan fingerprint density at radius 1 is 1.75 bits per heavy atom. The molecular formula is C7H10N2O2S. The molecule has 4 nitrogen and oxygen atoms in total. The Morgan fingerprint density at radius 3 is 3.00 bits per heavy atom. The van der Waals surface area contributed by atoms with Gasteiger partial charge < -0.3 is 9.67 Å². The number of aliphatic carboxylic acids is 1. The number of carboxylic acid groups (broad SMARTS) is 1. The van der Waals surface area contributed by atoms with Crippen LogP contribution in [0.25, 0.3) is 0 Å². The second-order valence-corrected chi connectivity index (χ2v) is 3.24. The third-order valence-corrected chi connectivity index (χ3v) is 1.74. The molecule has 1 atom stereocenters. The molecule has 0 radical (unpaired) electrons. The summed E-state index contributed by atoms with van der Waals surface area (Å²) >= 11 is 4.13. The second kappa shape index (κ2) is 4.15. The Balaban J connectivity index is 2.36. The first-order chi connectivity index (χ1) is 5.68. The average Bonchev–Trinajstić information content (AvgIpc) is 2.37. The van der Waals surface area contributed by atoms with Crippen LogP contribution in [0, 0.1) is 0 Å². The molecule has 0 amide bonds. The minimum absolute atomic E-state index is 0.0707. The van der Waals surface area contributed by atoms with E-state index in [4.69, 9.17) is 5.11 Å². The lowest BCUT2D eigenvalue weighted by Gasteiger charge is -2.07. The van der Waals surface area contributed by atoms with E-state index in [2.05, 4.69) is 17.6 Å². The molecule has 0 spiro atoms. The fourth-order valence-corrected chi connectivity index (χ4v) is 1.25. The van der Waals surface area contributed by atoms with Crippen LogP contribution < -0.4 is 0 Å². The summed E-state index contributed by atoms with van der Waals surface area (Å²) in [5.74, 6) is -0.824. The maximum absolute atomic E-state index is 10.3. The van der Waals surface area contributed by atoms with Crippen LogP contribution in [0.4, 0.5) is 0 Å². The number of rotatable bonds is 4. The molecule has 0 aliphatic heterocycles. The van der Waals surface area contributed by atoms with E-state index in [0.717, 1.165) is 0 Å². The summed E-state index contributed by atoms with van der Waals surface area (Å²) in [6, 6.07) is 0. The van der Waals surface area contributed by atoms with E-state index in [1.165, 1.54) is 0 Å². The molecule has 0 fully saturated rings. The first kappa shape index (κ1) is 9.12. The Kier molecular flexibility index (Phi) is 3.16. The van der Waals surface area contributed by atoms with Crippen LogP contribution >= 0.6 is 12.6 Å². The van der Waals surface area contributed by atoms with Crippen LogP contribution in [0.5, 0.6) is 0 Å². The predicted molar refractivity (Wildman–Crippen MR) is 47.3 cm³/mol. The minimum atomic E-state index is -0.824. The molecule has 1 heterocycles. The van der Waals surface area contributed by atoms with Crippen LogP contribution in [0.2, 0.25) is 0 Å². The van der Waals surface area contributed by atoms with Gasteiger partial charge in [-0.3, -0.25) is 4.79 Å². The average molecular weight is 186 g/mol. The molecule has 1 N–H and O–H groups in total. The summed E-state index contributed by atoms with van der Waals surface area (Å²) in [6.07, 6.45) is 5.15. The van der Waals surface area contributed by atoms with Crippen molar-refractivity contribution < 1.29 is 9.90 Å². The summed E-state index contributed by atoms with van der Waals surface area (Å²) in [4.78, 5) is 14.1. The standard InChI is InChI=1S/C7H10N2O2S/c10-7(11)3-6(12)4-9-2-1-8-5-9/h1-2,5-6,12H,3-4H2,(H,10,11). The summed E-state index contributed by atoms with van der Waals surface area (Å²) in [6.45, 7) is 0.579. The van der Waals surface area contributed by atoms with Crippen molar-refractivity contribution in [1.82, 2.24) is 9.55 Å². The highest BCUT2D eigenvalue weighted by atomic mass is 32.1. The molecule has 0 saturated heterocycles. The van der Waals surface area contributed by atoms with Gasteiger partial charge in [0.15, 0.2) is 0 Å². The number of carboxylic acids is 1. The molecule has 0 bridgehead atoms. The number of aromatic nitrogens is 2. The van der Waals surface area contributed by atoms with Gasteiger partial charge in [-0.2, -0.15) is 12.6 Å². The van der Waals surface area contributed by atoms with Gasteiger partial charge in [-0.05, 0) is 0 Å². The van der Waals surface area contributed by atoms with E-state index in [0.29, 0.717) is 6.54 Å². The zero-order valence-electron chi connectivity index (χ0n) is 6.42. The molecule has 0 aromatic carbocycles. The van der Waals surface area contributed by atoms with Crippen LogP contribution in [-0.2, 0) is 11.3 Å². The van der Waals surface area contributed by atoms with Crippen LogP contribution in [0.15, 0.2) is 18.7 Å². The summed E-state index contributed by atoms with van der Waals surface area (Å²) < 4.78 is 1.81. The maximum Gasteiger partial charge on any atom is 0.304 e. The smallest absolute Gasteiger partial charge is 0.304 e. The van der Waals surface area contributed by atoms with Crippen LogP contribution in [-0.4, -0.2) is 25.9 Å². The number of thiol groups is 1. The monoisotopic (exact) mass is 186 g/mol. The first-order valence-electron chi connectivity index (χ1n) is 3.54. The summed E-state index contributed by atoms with van der Waals surface area (Å²) in [5, 5.41) is 8.28. The molecule has 0 saturated carbocycles. The number of imidazole rings is 1. The minimum Gasteiger partial charge on any atom is -0.481 e. The molecule has 12 heavy (non-hydrogen) atoms. The second-order valence-electron chi connectivity index (χ2n) is 2.51. The molecule has 5 heteroatoms. The van der Waals surface area contributed by atoms with Crippen LogP contribution in [0.1, 0.15) is 6.42 Å². The molecule has 66 valence electrons. The van der Waals surface area contributed by atoms with Gasteiger partial charge in [0.2, 0.25) is 0 Å². The van der Waals surface area contributed by atoms with Crippen molar-refractivity contribution in [3.63, 3.8) is 0 Å². The van der Waals surface area contributed by atoms with Gasteiger partial charge in [0.25, 0.3) is 0 Å². The SMILES string of the molecule is O=C(O)CC(S)Cn1ccnc1. The zero-order valence-corrected chi connectivity index (χ0v) is 7.32. The Bertz CT molecular complexity index is 248. The van der Waals surface area contributed by atoms with Crippen molar-refractivity contribution in [2.75, 3.05) is 0 Å². The summed E-state index contributed by atoms with van der Waals surface area (Å²) in [5.41, 5.74) is 0. The quantitative estimate of drug-likeness (QED) is 0.679. The normalized spacial score (nSPS) is 12.8. The van der Waals surface area contributed by atoms with Gasteiger partial charge in [0.1, 0.15) is 0 Å². The topological polar surface area (TPSA) is 55.1 Å².